The number of nitrogens with two attached hydrogens (primary N) is 1. The van der Waals surface area contributed by atoms with Crippen molar-refractivity contribution in [3.8, 4) is 0 Å². The highest BCUT2D eigenvalue weighted by Gasteiger charge is 2.21. The summed E-state index contributed by atoms with van der Waals surface area (Å²) in [6.07, 6.45) is -0.129. The van der Waals surface area contributed by atoms with Crippen LogP contribution in [0.15, 0.2) is 53.5 Å². The molecule has 0 spiro atoms. The third kappa shape index (κ3) is 2.30. The van der Waals surface area contributed by atoms with E-state index in [1.165, 1.54) is 0 Å². The van der Waals surface area contributed by atoms with E-state index in [0.717, 1.165) is 22.5 Å². The Bertz CT molecular complexity index is 652. The summed E-state index contributed by atoms with van der Waals surface area (Å²) < 4.78 is 0. The van der Waals surface area contributed by atoms with Crippen LogP contribution in [0.1, 0.15) is 11.1 Å². The highest BCUT2D eigenvalue weighted by atomic mass is 35.5. The number of benzodiazepines with no additional fused rings is 1. The summed E-state index contributed by atoms with van der Waals surface area (Å²) in [6.45, 7) is 0.563. The zero-order valence-electron chi connectivity index (χ0n) is 11.3. The van der Waals surface area contributed by atoms with E-state index in [-0.39, 0.29) is 6.17 Å². The monoisotopic (exact) mass is 285 g/mol. The predicted molar refractivity (Wildman–Crippen MR) is 84.8 cm³/mol. The second kappa shape index (κ2) is 5.27. The minimum absolute atomic E-state index is 0.129. The Morgan fingerprint density at radius 3 is 2.70 bits per heavy atom. The van der Waals surface area contributed by atoms with E-state index in [2.05, 4.69) is 12.1 Å². The van der Waals surface area contributed by atoms with Gasteiger partial charge in [0, 0.05) is 28.9 Å². The fourth-order valence-electron chi connectivity index (χ4n) is 2.42. The van der Waals surface area contributed by atoms with Gasteiger partial charge in [-0.05, 0) is 18.2 Å². The molecule has 0 bridgehead atoms. The molecule has 0 aromatic heterocycles. The van der Waals surface area contributed by atoms with Crippen molar-refractivity contribution in [3.63, 3.8) is 0 Å². The number of benzene rings is 2. The van der Waals surface area contributed by atoms with Crippen molar-refractivity contribution in [2.45, 2.75) is 6.17 Å². The highest BCUT2D eigenvalue weighted by molar-refractivity contribution is 6.31. The first-order chi connectivity index (χ1) is 9.66. The van der Waals surface area contributed by atoms with Crippen molar-refractivity contribution in [1.82, 2.24) is 0 Å². The zero-order valence-corrected chi connectivity index (χ0v) is 12.0. The first kappa shape index (κ1) is 13.2. The van der Waals surface area contributed by atoms with Gasteiger partial charge in [-0.2, -0.15) is 0 Å². The van der Waals surface area contributed by atoms with Crippen LogP contribution in [-0.2, 0) is 0 Å². The molecule has 0 radical (unpaired) electrons. The van der Waals surface area contributed by atoms with Gasteiger partial charge < -0.3 is 10.6 Å². The number of hydrogen-bond donors (Lipinski definition) is 1. The minimum Gasteiger partial charge on any atom is -0.357 e. The molecule has 3 rings (SSSR count). The molecule has 20 heavy (non-hydrogen) atoms. The van der Waals surface area contributed by atoms with Crippen LogP contribution >= 0.6 is 11.6 Å². The third-order valence-electron chi connectivity index (χ3n) is 3.57. The minimum atomic E-state index is -0.129. The second-order valence-electron chi connectivity index (χ2n) is 4.90. The van der Waals surface area contributed by atoms with Crippen molar-refractivity contribution < 1.29 is 0 Å². The Morgan fingerprint density at radius 2 is 1.95 bits per heavy atom. The molecular formula is C16H16ClN3. The van der Waals surface area contributed by atoms with E-state index in [0.29, 0.717) is 11.6 Å². The summed E-state index contributed by atoms with van der Waals surface area (Å²) in [6, 6.07) is 16.0. The summed E-state index contributed by atoms with van der Waals surface area (Å²) in [5, 5.41) is 0.705. The van der Waals surface area contributed by atoms with Crippen LogP contribution in [0.25, 0.3) is 0 Å². The molecule has 0 fully saturated rings. The normalized spacial score (nSPS) is 18.2. The van der Waals surface area contributed by atoms with Crippen LogP contribution in [0.4, 0.5) is 5.69 Å². The van der Waals surface area contributed by atoms with E-state index in [9.17, 15) is 0 Å². The molecule has 1 aliphatic rings. The SMILES string of the molecule is CN1c2ccc(Cl)cc2C(c2ccccc2)=NCC1N. The molecule has 1 unspecified atom stereocenters. The Balaban J connectivity index is 2.20. The first-order valence-corrected chi connectivity index (χ1v) is 6.93. The van der Waals surface area contributed by atoms with Gasteiger partial charge in [0.1, 0.15) is 0 Å². The maximum Gasteiger partial charge on any atom is 0.0966 e. The van der Waals surface area contributed by atoms with Gasteiger partial charge in [0.2, 0.25) is 0 Å². The maximum atomic E-state index is 6.16. The fraction of sp³-hybridized carbons (Fsp3) is 0.188. The lowest BCUT2D eigenvalue weighted by Crippen LogP contribution is -2.41. The van der Waals surface area contributed by atoms with Gasteiger partial charge in [0.25, 0.3) is 0 Å². The van der Waals surface area contributed by atoms with Gasteiger partial charge in [-0.1, -0.05) is 41.9 Å². The first-order valence-electron chi connectivity index (χ1n) is 6.55. The lowest BCUT2D eigenvalue weighted by atomic mass is 10.0. The molecule has 102 valence electrons. The van der Waals surface area contributed by atoms with Crippen LogP contribution in [-0.4, -0.2) is 25.5 Å². The van der Waals surface area contributed by atoms with E-state index in [4.69, 9.17) is 22.3 Å². The molecule has 4 heteroatoms. The number of anilines is 1. The average molecular weight is 286 g/mol. The molecule has 3 nitrogen and oxygen atoms in total. The molecule has 0 saturated carbocycles. The van der Waals surface area contributed by atoms with Gasteiger partial charge in [-0.25, -0.2) is 0 Å². The Hall–Kier alpha value is -1.84. The topological polar surface area (TPSA) is 41.6 Å². The molecule has 0 amide bonds. The number of halogens is 1. The number of rotatable bonds is 1. The van der Waals surface area contributed by atoms with Gasteiger partial charge in [0.15, 0.2) is 0 Å². The summed E-state index contributed by atoms with van der Waals surface area (Å²) in [5.41, 5.74) is 10.3. The number of nitrogens with zero attached hydrogens (tertiary/aromatic N) is 2. The molecular weight excluding hydrogens is 270 g/mol. The second-order valence-corrected chi connectivity index (χ2v) is 5.33. The quantitative estimate of drug-likeness (QED) is 0.875. The van der Waals surface area contributed by atoms with Crippen LogP contribution in [0.2, 0.25) is 5.02 Å². The van der Waals surface area contributed by atoms with E-state index >= 15 is 0 Å². The smallest absolute Gasteiger partial charge is 0.0966 e. The van der Waals surface area contributed by atoms with Crippen LogP contribution in [0, 0.1) is 0 Å². The zero-order chi connectivity index (χ0) is 14.1. The van der Waals surface area contributed by atoms with Crippen molar-refractivity contribution in [3.05, 3.63) is 64.7 Å². The lowest BCUT2D eigenvalue weighted by molar-refractivity contribution is 0.672. The molecule has 2 aromatic carbocycles. The molecule has 2 aromatic rings. The van der Waals surface area contributed by atoms with Gasteiger partial charge in [0.05, 0.1) is 18.4 Å². The Labute approximate surface area is 123 Å². The molecule has 0 aliphatic carbocycles. The number of hydrogen-bond acceptors (Lipinski definition) is 3. The van der Waals surface area contributed by atoms with Gasteiger partial charge >= 0.3 is 0 Å². The Kier molecular flexibility index (Phi) is 3.47. The predicted octanol–water partition coefficient (Wildman–Crippen LogP) is 2.91. The van der Waals surface area contributed by atoms with E-state index in [1.807, 2.05) is 48.3 Å². The van der Waals surface area contributed by atoms with Crippen molar-refractivity contribution in [2.24, 2.45) is 10.7 Å². The molecule has 1 heterocycles. The van der Waals surface area contributed by atoms with Crippen molar-refractivity contribution in [2.75, 3.05) is 18.5 Å². The fourth-order valence-corrected chi connectivity index (χ4v) is 2.59. The van der Waals surface area contributed by atoms with Crippen molar-refractivity contribution in [1.29, 1.82) is 0 Å². The molecule has 2 N–H and O–H groups in total. The lowest BCUT2D eigenvalue weighted by Gasteiger charge is -2.25. The van der Waals surface area contributed by atoms with Crippen LogP contribution in [0.5, 0.6) is 0 Å². The highest BCUT2D eigenvalue weighted by Crippen LogP contribution is 2.29. The molecule has 1 aliphatic heterocycles. The summed E-state index contributed by atoms with van der Waals surface area (Å²) >= 11 is 6.16. The number of aliphatic imine (C=N–C) groups is 1. The summed E-state index contributed by atoms with van der Waals surface area (Å²) in [7, 11) is 1.99. The van der Waals surface area contributed by atoms with Crippen LogP contribution < -0.4 is 10.6 Å². The Morgan fingerprint density at radius 1 is 1.20 bits per heavy atom. The van der Waals surface area contributed by atoms with Crippen LogP contribution in [0.3, 0.4) is 0 Å². The largest absolute Gasteiger partial charge is 0.357 e. The molecule has 1 atom stereocenters. The standard InChI is InChI=1S/C16H16ClN3/c1-20-14-8-7-12(17)9-13(14)16(19-10-15(20)18)11-5-3-2-4-6-11/h2-9,15H,10,18H2,1H3. The van der Waals surface area contributed by atoms with Crippen molar-refractivity contribution >= 4 is 23.0 Å². The van der Waals surface area contributed by atoms with Gasteiger partial charge in [-0.3, -0.25) is 4.99 Å². The number of fused-ring (bicyclic) bond motifs is 1. The summed E-state index contributed by atoms with van der Waals surface area (Å²) in [4.78, 5) is 6.75. The summed E-state index contributed by atoms with van der Waals surface area (Å²) in [5.74, 6) is 0. The van der Waals surface area contributed by atoms with E-state index < -0.39 is 0 Å². The van der Waals surface area contributed by atoms with E-state index in [1.54, 1.807) is 0 Å². The average Bonchev–Trinajstić information content (AvgIpc) is 2.58. The third-order valence-corrected chi connectivity index (χ3v) is 3.81. The number of likely N-dealkylation sites (N-methyl/N-ethyl adjacent to an activating group) is 1. The maximum absolute atomic E-state index is 6.16. The van der Waals surface area contributed by atoms with Gasteiger partial charge in [-0.15, -0.1) is 0 Å². The molecule has 0 saturated heterocycles.